The maximum absolute atomic E-state index is 12.6. The van der Waals surface area contributed by atoms with Gasteiger partial charge in [-0.3, -0.25) is 24.4 Å². The van der Waals surface area contributed by atoms with Crippen LogP contribution in [-0.4, -0.2) is 114 Å². The van der Waals surface area contributed by atoms with Gasteiger partial charge in [0.1, 0.15) is 0 Å². The van der Waals surface area contributed by atoms with Crippen LogP contribution in [0.1, 0.15) is 25.8 Å². The number of hydrogen-bond acceptors (Lipinski definition) is 10. The van der Waals surface area contributed by atoms with Gasteiger partial charge < -0.3 is 20.1 Å². The minimum atomic E-state index is -1.04. The zero-order valence-electron chi connectivity index (χ0n) is 20.7. The van der Waals surface area contributed by atoms with Crippen molar-refractivity contribution in [3.8, 4) is 0 Å². The predicted octanol–water partition coefficient (Wildman–Crippen LogP) is 0.495. The van der Waals surface area contributed by atoms with Crippen molar-refractivity contribution in [3.63, 3.8) is 0 Å². The first kappa shape index (κ1) is 26.8. The maximum atomic E-state index is 12.6. The summed E-state index contributed by atoms with van der Waals surface area (Å²) in [6.45, 7) is 8.73. The van der Waals surface area contributed by atoms with Gasteiger partial charge in [-0.15, -0.1) is 11.3 Å². The quantitative estimate of drug-likeness (QED) is 0.326. The van der Waals surface area contributed by atoms with Crippen molar-refractivity contribution in [2.75, 3.05) is 59.5 Å². The van der Waals surface area contributed by atoms with E-state index in [-0.39, 0.29) is 31.7 Å². The summed E-state index contributed by atoms with van der Waals surface area (Å²) in [4.78, 5) is 50.6. The number of carbonyl (C=O) groups is 3. The molecule has 0 radical (unpaired) electrons. The third-order valence-corrected chi connectivity index (χ3v) is 6.98. The van der Waals surface area contributed by atoms with Crippen molar-refractivity contribution in [1.29, 1.82) is 0 Å². The van der Waals surface area contributed by atoms with E-state index in [0.717, 1.165) is 30.2 Å². The molecule has 35 heavy (non-hydrogen) atoms. The number of carbonyl (C=O) groups excluding carboxylic acids is 2. The highest BCUT2D eigenvalue weighted by Gasteiger charge is 2.33. The number of ether oxygens (including phenoxy) is 1. The fourth-order valence-corrected chi connectivity index (χ4v) is 4.68. The summed E-state index contributed by atoms with van der Waals surface area (Å²) in [6, 6.07) is 0.0147. The largest absolute Gasteiger partial charge is 0.481 e. The number of aromatic nitrogens is 1. The van der Waals surface area contributed by atoms with E-state index in [2.05, 4.69) is 25.1 Å². The molecule has 1 amide bonds. The minimum absolute atomic E-state index is 0.0147. The van der Waals surface area contributed by atoms with Gasteiger partial charge in [0.15, 0.2) is 10.8 Å². The Bertz CT molecular complexity index is 977. The van der Waals surface area contributed by atoms with Gasteiger partial charge in [-0.2, -0.15) is 0 Å². The average molecular weight is 507 g/mol. The Morgan fingerprint density at radius 3 is 2.80 bits per heavy atom. The Kier molecular flexibility index (Phi) is 8.98. The van der Waals surface area contributed by atoms with Crippen molar-refractivity contribution < 1.29 is 24.2 Å². The summed E-state index contributed by atoms with van der Waals surface area (Å²) in [5.74, 6) is -0.690. The van der Waals surface area contributed by atoms with Crippen LogP contribution in [0, 0.1) is 5.41 Å². The lowest BCUT2D eigenvalue weighted by Gasteiger charge is -2.42. The van der Waals surface area contributed by atoms with Gasteiger partial charge in [0, 0.05) is 62.6 Å². The minimum Gasteiger partial charge on any atom is -0.481 e. The standard InChI is InChI=1S/C23H34N6O5S/c1-5-34-21(31)17-10-25-19(20-24-6-9-35-20)26-18(17)13-28-8-7-27(4)16(11-28)12-29(15-30)14-23(2,3)22(32)33/h6,9,15-16H,5,7-8,10-14H2,1-4H3,(H,25,26)(H,32,33). The van der Waals surface area contributed by atoms with Crippen molar-refractivity contribution in [2.24, 2.45) is 10.4 Å². The Balaban J connectivity index is 1.72. The number of amides is 1. The van der Waals surface area contributed by atoms with Gasteiger partial charge in [0.2, 0.25) is 6.41 Å². The molecule has 2 aliphatic rings. The second-order valence-electron chi connectivity index (χ2n) is 9.40. The van der Waals surface area contributed by atoms with E-state index in [1.807, 2.05) is 12.4 Å². The normalized spacial score (nSPS) is 19.7. The molecule has 1 fully saturated rings. The number of thiazole rings is 1. The molecule has 1 aromatic heterocycles. The van der Waals surface area contributed by atoms with Gasteiger partial charge in [-0.1, -0.05) is 0 Å². The number of hydrogen-bond donors (Lipinski definition) is 2. The molecule has 3 rings (SSSR count). The first-order valence-corrected chi connectivity index (χ1v) is 12.5. The van der Waals surface area contributed by atoms with E-state index in [1.165, 1.54) is 16.2 Å². The van der Waals surface area contributed by atoms with Crippen LogP contribution in [0.2, 0.25) is 0 Å². The number of piperazine rings is 1. The van der Waals surface area contributed by atoms with Gasteiger partial charge in [-0.05, 0) is 27.8 Å². The molecule has 0 bridgehead atoms. The molecule has 2 N–H and O–H groups in total. The predicted molar refractivity (Wildman–Crippen MR) is 132 cm³/mol. The number of aliphatic imine (C=N–C) groups is 1. The van der Waals surface area contributed by atoms with E-state index in [4.69, 9.17) is 4.74 Å². The lowest BCUT2D eigenvalue weighted by Crippen LogP contribution is -2.57. The smallest absolute Gasteiger partial charge is 0.337 e. The number of aliphatic carboxylic acids is 1. The highest BCUT2D eigenvalue weighted by atomic mass is 32.1. The molecule has 0 aromatic carbocycles. The molecule has 1 atom stereocenters. The number of esters is 1. The number of rotatable bonds is 11. The first-order chi connectivity index (χ1) is 16.6. The molecule has 192 valence electrons. The van der Waals surface area contributed by atoms with Gasteiger partial charge in [0.25, 0.3) is 0 Å². The molecule has 0 saturated carbocycles. The topological polar surface area (TPSA) is 128 Å². The number of nitrogens with zero attached hydrogens (tertiary/aromatic N) is 5. The van der Waals surface area contributed by atoms with Crippen LogP contribution in [-0.2, 0) is 19.1 Å². The Labute approximate surface area is 209 Å². The van der Waals surface area contributed by atoms with Crippen molar-refractivity contribution in [1.82, 2.24) is 25.0 Å². The average Bonchev–Trinajstić information content (AvgIpc) is 3.35. The molecule has 0 aliphatic carbocycles. The number of carboxylic acids is 1. The second kappa shape index (κ2) is 11.7. The molecular formula is C23H34N6O5S. The summed E-state index contributed by atoms with van der Waals surface area (Å²) < 4.78 is 5.26. The summed E-state index contributed by atoms with van der Waals surface area (Å²) in [6.07, 6.45) is 2.43. The highest BCUT2D eigenvalue weighted by Crippen LogP contribution is 2.20. The van der Waals surface area contributed by atoms with E-state index in [0.29, 0.717) is 31.0 Å². The number of likely N-dealkylation sites (N-methyl/N-ethyl adjacent to an activating group) is 1. The van der Waals surface area contributed by atoms with Crippen LogP contribution >= 0.6 is 11.3 Å². The summed E-state index contributed by atoms with van der Waals surface area (Å²) in [5.41, 5.74) is 0.205. The highest BCUT2D eigenvalue weighted by molar-refractivity contribution is 7.11. The van der Waals surface area contributed by atoms with Crippen molar-refractivity contribution in [3.05, 3.63) is 27.9 Å². The van der Waals surface area contributed by atoms with Crippen LogP contribution in [0.3, 0.4) is 0 Å². The zero-order chi connectivity index (χ0) is 25.6. The summed E-state index contributed by atoms with van der Waals surface area (Å²) >= 11 is 1.47. The maximum Gasteiger partial charge on any atom is 0.337 e. The third kappa shape index (κ3) is 6.86. The molecular weight excluding hydrogens is 472 g/mol. The lowest BCUT2D eigenvalue weighted by molar-refractivity contribution is -0.148. The SMILES string of the molecule is CCOC(=O)C1=C(CN2CCN(C)C(CN(C=O)CC(C)(C)C(=O)O)C2)NC(c2nccs2)=NC1. The van der Waals surface area contributed by atoms with Crippen molar-refractivity contribution >= 4 is 35.5 Å². The Morgan fingerprint density at radius 2 is 2.17 bits per heavy atom. The van der Waals surface area contributed by atoms with Gasteiger partial charge >= 0.3 is 11.9 Å². The van der Waals surface area contributed by atoms with E-state index >= 15 is 0 Å². The number of amidine groups is 1. The summed E-state index contributed by atoms with van der Waals surface area (Å²) in [7, 11) is 2.00. The number of nitrogens with one attached hydrogen (secondary N) is 1. The van der Waals surface area contributed by atoms with Crippen LogP contribution in [0.15, 0.2) is 27.8 Å². The molecule has 0 spiro atoms. The fourth-order valence-electron chi connectivity index (χ4n) is 4.08. The fraction of sp³-hybridized carbons (Fsp3) is 0.609. The monoisotopic (exact) mass is 506 g/mol. The van der Waals surface area contributed by atoms with Crippen LogP contribution in [0.5, 0.6) is 0 Å². The van der Waals surface area contributed by atoms with Crippen molar-refractivity contribution in [2.45, 2.75) is 26.8 Å². The molecule has 1 aromatic rings. The molecule has 11 nitrogen and oxygen atoms in total. The zero-order valence-corrected chi connectivity index (χ0v) is 21.5. The molecule has 1 saturated heterocycles. The van der Waals surface area contributed by atoms with Gasteiger partial charge in [-0.25, -0.2) is 9.78 Å². The second-order valence-corrected chi connectivity index (χ2v) is 10.3. The van der Waals surface area contributed by atoms with E-state index in [9.17, 15) is 19.5 Å². The molecule has 12 heteroatoms. The third-order valence-electron chi connectivity index (χ3n) is 6.20. The molecule has 3 heterocycles. The molecule has 1 unspecified atom stereocenters. The van der Waals surface area contributed by atoms with Crippen LogP contribution < -0.4 is 5.32 Å². The van der Waals surface area contributed by atoms with Crippen LogP contribution in [0.4, 0.5) is 0 Å². The van der Waals surface area contributed by atoms with Crippen LogP contribution in [0.25, 0.3) is 0 Å². The van der Waals surface area contributed by atoms with Gasteiger partial charge in [0.05, 0.1) is 24.1 Å². The first-order valence-electron chi connectivity index (χ1n) is 11.6. The Hall–Kier alpha value is -2.83. The lowest BCUT2D eigenvalue weighted by atomic mass is 9.93. The van der Waals surface area contributed by atoms with E-state index in [1.54, 1.807) is 27.0 Å². The Morgan fingerprint density at radius 1 is 1.40 bits per heavy atom. The summed E-state index contributed by atoms with van der Waals surface area (Å²) in [5, 5.41) is 15.4. The van der Waals surface area contributed by atoms with E-state index < -0.39 is 11.4 Å². The number of carboxylic acid groups (broad SMARTS) is 1. The molecule has 2 aliphatic heterocycles.